The molecule has 1 aromatic heterocycles. The maximum Gasteiger partial charge on any atom is 0.255 e. The Kier molecular flexibility index (Phi) is 5.95. The van der Waals surface area contributed by atoms with Gasteiger partial charge in [0.05, 0.1) is 16.3 Å². The highest BCUT2D eigenvalue weighted by Crippen LogP contribution is 2.36. The summed E-state index contributed by atoms with van der Waals surface area (Å²) >= 11 is 6.26. The summed E-state index contributed by atoms with van der Waals surface area (Å²) in [5, 5.41) is 11.0. The molecule has 0 saturated carbocycles. The van der Waals surface area contributed by atoms with Gasteiger partial charge in [0.2, 0.25) is 5.95 Å². The van der Waals surface area contributed by atoms with Crippen LogP contribution in [0.5, 0.6) is 0 Å². The number of halogens is 1. The van der Waals surface area contributed by atoms with Crippen molar-refractivity contribution in [2.75, 3.05) is 28.6 Å². The molecule has 2 heterocycles. The maximum absolute atomic E-state index is 13.4. The zero-order valence-corrected chi connectivity index (χ0v) is 18.5. The van der Waals surface area contributed by atoms with Crippen LogP contribution in [0.4, 0.5) is 17.3 Å². The van der Waals surface area contributed by atoms with Crippen molar-refractivity contribution in [3.63, 3.8) is 0 Å². The van der Waals surface area contributed by atoms with Crippen LogP contribution < -0.4 is 15.5 Å². The first-order valence-corrected chi connectivity index (χ1v) is 10.7. The number of allylic oxidation sites excluding steroid dienone is 1. The van der Waals surface area contributed by atoms with E-state index in [0.29, 0.717) is 22.2 Å². The van der Waals surface area contributed by atoms with Crippen molar-refractivity contribution < 1.29 is 4.79 Å². The molecular formula is C23H25ClN6O. The molecule has 1 amide bonds. The lowest BCUT2D eigenvalue weighted by Crippen LogP contribution is -2.31. The number of nitrogens with zero attached hydrogens (tertiary/aromatic N) is 4. The van der Waals surface area contributed by atoms with E-state index in [9.17, 15) is 4.79 Å². The number of benzene rings is 2. The molecule has 0 fully saturated rings. The second-order valence-electron chi connectivity index (χ2n) is 7.29. The Morgan fingerprint density at radius 2 is 1.87 bits per heavy atom. The first-order valence-electron chi connectivity index (χ1n) is 10.3. The van der Waals surface area contributed by atoms with Gasteiger partial charge in [0, 0.05) is 24.5 Å². The van der Waals surface area contributed by atoms with E-state index in [1.54, 1.807) is 16.8 Å². The van der Waals surface area contributed by atoms with Crippen LogP contribution in [0, 0.1) is 0 Å². The molecule has 0 saturated heterocycles. The minimum Gasteiger partial charge on any atom is -0.372 e. The molecule has 0 radical (unpaired) electrons. The number of para-hydroxylation sites is 1. The number of amides is 1. The summed E-state index contributed by atoms with van der Waals surface area (Å²) in [6, 6.07) is 15.0. The van der Waals surface area contributed by atoms with Gasteiger partial charge in [-0.25, -0.2) is 4.68 Å². The predicted octanol–water partition coefficient (Wildman–Crippen LogP) is 4.71. The van der Waals surface area contributed by atoms with Crippen LogP contribution in [-0.2, 0) is 4.79 Å². The third-order valence-corrected chi connectivity index (χ3v) is 5.83. The summed E-state index contributed by atoms with van der Waals surface area (Å²) in [5.74, 6) is 0.363. The lowest BCUT2D eigenvalue weighted by molar-refractivity contribution is -0.113. The van der Waals surface area contributed by atoms with Crippen molar-refractivity contribution in [1.82, 2.24) is 14.8 Å². The molecule has 0 unspecified atom stereocenters. The van der Waals surface area contributed by atoms with Gasteiger partial charge in [-0.3, -0.25) is 4.79 Å². The van der Waals surface area contributed by atoms with Crippen LogP contribution in [0.3, 0.4) is 0 Å². The molecule has 0 aliphatic carbocycles. The summed E-state index contributed by atoms with van der Waals surface area (Å²) < 4.78 is 1.74. The van der Waals surface area contributed by atoms with Gasteiger partial charge >= 0.3 is 0 Å². The molecule has 0 bridgehead atoms. The Labute approximate surface area is 186 Å². The van der Waals surface area contributed by atoms with E-state index in [1.807, 2.05) is 31.2 Å². The van der Waals surface area contributed by atoms with Crippen LogP contribution >= 0.6 is 11.6 Å². The van der Waals surface area contributed by atoms with Crippen LogP contribution in [0.2, 0.25) is 5.02 Å². The quantitative estimate of drug-likeness (QED) is 0.585. The van der Waals surface area contributed by atoms with Gasteiger partial charge in [0.1, 0.15) is 12.4 Å². The summed E-state index contributed by atoms with van der Waals surface area (Å²) in [6.45, 7) is 8.00. The molecule has 160 valence electrons. The number of nitrogens with one attached hydrogen (secondary N) is 2. The zero-order chi connectivity index (χ0) is 22.0. The molecule has 4 rings (SSSR count). The fourth-order valence-corrected chi connectivity index (χ4v) is 4.08. The van der Waals surface area contributed by atoms with E-state index in [0.717, 1.165) is 30.0 Å². The number of aromatic nitrogens is 3. The Bertz CT molecular complexity index is 1120. The van der Waals surface area contributed by atoms with Gasteiger partial charge in [0.25, 0.3) is 5.91 Å². The van der Waals surface area contributed by atoms with Crippen LogP contribution in [0.15, 0.2) is 66.1 Å². The third kappa shape index (κ3) is 4.01. The summed E-state index contributed by atoms with van der Waals surface area (Å²) in [7, 11) is 0. The number of rotatable bonds is 6. The molecule has 31 heavy (non-hydrogen) atoms. The van der Waals surface area contributed by atoms with E-state index in [2.05, 4.69) is 51.6 Å². The van der Waals surface area contributed by atoms with Crippen molar-refractivity contribution >= 4 is 34.8 Å². The fraction of sp³-hybridized carbons (Fsp3) is 0.261. The SMILES string of the molecule is CCN(CC)c1ccc([C@@H]2C(C(=O)Nc3ccccc3Cl)=C(C)Nc3ncnn32)cc1. The van der Waals surface area contributed by atoms with Crippen LogP contribution in [0.1, 0.15) is 32.4 Å². The zero-order valence-electron chi connectivity index (χ0n) is 17.8. The lowest BCUT2D eigenvalue weighted by Gasteiger charge is -2.29. The van der Waals surface area contributed by atoms with Gasteiger partial charge in [-0.2, -0.15) is 10.1 Å². The smallest absolute Gasteiger partial charge is 0.255 e. The second kappa shape index (κ2) is 8.81. The minimum absolute atomic E-state index is 0.239. The van der Waals surface area contributed by atoms with Crippen LogP contribution in [0.25, 0.3) is 0 Å². The molecule has 1 atom stereocenters. The van der Waals surface area contributed by atoms with Gasteiger partial charge < -0.3 is 15.5 Å². The summed E-state index contributed by atoms with van der Waals surface area (Å²) in [4.78, 5) is 19.9. The Morgan fingerprint density at radius 1 is 1.16 bits per heavy atom. The number of carbonyl (C=O) groups excluding carboxylic acids is 1. The van der Waals surface area contributed by atoms with E-state index >= 15 is 0 Å². The third-order valence-electron chi connectivity index (χ3n) is 5.50. The van der Waals surface area contributed by atoms with Crippen molar-refractivity contribution in [2.24, 2.45) is 0 Å². The minimum atomic E-state index is -0.410. The maximum atomic E-state index is 13.4. The highest BCUT2D eigenvalue weighted by Gasteiger charge is 2.33. The molecule has 2 aromatic carbocycles. The molecule has 1 aliphatic rings. The first-order chi connectivity index (χ1) is 15.0. The Morgan fingerprint density at radius 3 is 2.55 bits per heavy atom. The number of hydrogen-bond donors (Lipinski definition) is 2. The van der Waals surface area contributed by atoms with Crippen LogP contribution in [-0.4, -0.2) is 33.8 Å². The lowest BCUT2D eigenvalue weighted by atomic mass is 9.94. The highest BCUT2D eigenvalue weighted by atomic mass is 35.5. The topological polar surface area (TPSA) is 75.1 Å². The predicted molar refractivity (Wildman–Crippen MR) is 125 cm³/mol. The van der Waals surface area contributed by atoms with Gasteiger partial charge in [-0.15, -0.1) is 0 Å². The van der Waals surface area contributed by atoms with E-state index < -0.39 is 6.04 Å². The first kappa shape index (κ1) is 20.9. The van der Waals surface area contributed by atoms with Crippen molar-refractivity contribution in [2.45, 2.75) is 26.8 Å². The standard InChI is InChI=1S/C23H25ClN6O/c1-4-29(5-2)17-12-10-16(11-13-17)21-20(15(3)27-23-25-14-26-30(21)23)22(31)28-19-9-7-6-8-18(19)24/h6-14,21H,4-5H2,1-3H3,(H,28,31)(H,25,26,27)/t21-/m1/s1. The summed E-state index contributed by atoms with van der Waals surface area (Å²) in [5.41, 5.74) is 3.95. The number of hydrogen-bond acceptors (Lipinski definition) is 5. The molecular weight excluding hydrogens is 412 g/mol. The van der Waals surface area contributed by atoms with E-state index in [-0.39, 0.29) is 5.91 Å². The Balaban J connectivity index is 1.73. The van der Waals surface area contributed by atoms with E-state index in [4.69, 9.17) is 11.6 Å². The Hall–Kier alpha value is -3.32. The molecule has 8 heteroatoms. The molecule has 1 aliphatic heterocycles. The van der Waals surface area contributed by atoms with Gasteiger partial charge in [0.15, 0.2) is 0 Å². The molecule has 3 aromatic rings. The van der Waals surface area contributed by atoms with Crippen molar-refractivity contribution in [3.8, 4) is 0 Å². The monoisotopic (exact) mass is 436 g/mol. The van der Waals surface area contributed by atoms with Gasteiger partial charge in [-0.1, -0.05) is 35.9 Å². The molecule has 7 nitrogen and oxygen atoms in total. The van der Waals surface area contributed by atoms with Crippen molar-refractivity contribution in [3.05, 3.63) is 76.7 Å². The molecule has 2 N–H and O–H groups in total. The largest absolute Gasteiger partial charge is 0.372 e. The average molecular weight is 437 g/mol. The van der Waals surface area contributed by atoms with E-state index in [1.165, 1.54) is 6.33 Å². The summed E-state index contributed by atoms with van der Waals surface area (Å²) in [6.07, 6.45) is 1.49. The number of anilines is 3. The fourth-order valence-electron chi connectivity index (χ4n) is 3.90. The number of carbonyl (C=O) groups is 1. The number of fused-ring (bicyclic) bond motifs is 1. The average Bonchev–Trinajstić information content (AvgIpc) is 3.23. The normalized spacial score (nSPS) is 15.3. The molecule has 0 spiro atoms. The van der Waals surface area contributed by atoms with Crippen molar-refractivity contribution in [1.29, 1.82) is 0 Å². The second-order valence-corrected chi connectivity index (χ2v) is 7.70. The van der Waals surface area contributed by atoms with Gasteiger partial charge in [-0.05, 0) is 50.6 Å². The highest BCUT2D eigenvalue weighted by molar-refractivity contribution is 6.33.